The largest absolute Gasteiger partial charge is 0.349 e. The summed E-state index contributed by atoms with van der Waals surface area (Å²) in [7, 11) is 1.86. The summed E-state index contributed by atoms with van der Waals surface area (Å²) in [6.07, 6.45) is 1.54. The van der Waals surface area contributed by atoms with E-state index in [1.807, 2.05) is 31.3 Å². The van der Waals surface area contributed by atoms with Crippen LogP contribution in [0.25, 0.3) is 11.0 Å². The lowest BCUT2D eigenvalue weighted by Crippen LogP contribution is -2.07. The number of aromatic amines is 1. The number of aromatic nitrogens is 5. The van der Waals surface area contributed by atoms with Gasteiger partial charge in [-0.1, -0.05) is 12.1 Å². The Kier molecular flexibility index (Phi) is 2.25. The third-order valence-electron chi connectivity index (χ3n) is 2.61. The predicted molar refractivity (Wildman–Crippen MR) is 64.4 cm³/mol. The third kappa shape index (κ3) is 1.84. The van der Waals surface area contributed by atoms with Crippen LogP contribution in [-0.4, -0.2) is 24.7 Å². The molecule has 0 amide bonds. The number of para-hydroxylation sites is 2. The molecule has 3 rings (SSSR count). The van der Waals surface area contributed by atoms with Gasteiger partial charge in [-0.15, -0.1) is 0 Å². The van der Waals surface area contributed by atoms with Gasteiger partial charge in [-0.3, -0.25) is 4.68 Å². The average molecular weight is 228 g/mol. The van der Waals surface area contributed by atoms with Crippen LogP contribution in [0.1, 0.15) is 5.82 Å². The van der Waals surface area contributed by atoms with Gasteiger partial charge in [-0.05, 0) is 12.1 Å². The normalized spacial score (nSPS) is 10.9. The van der Waals surface area contributed by atoms with Gasteiger partial charge in [0, 0.05) is 7.05 Å². The van der Waals surface area contributed by atoms with Crippen molar-refractivity contribution in [2.75, 3.05) is 5.32 Å². The fourth-order valence-electron chi connectivity index (χ4n) is 1.68. The number of anilines is 1. The number of H-pyrrole nitrogens is 1. The van der Waals surface area contributed by atoms with Gasteiger partial charge in [-0.25, -0.2) is 9.97 Å². The van der Waals surface area contributed by atoms with E-state index < -0.39 is 0 Å². The molecule has 17 heavy (non-hydrogen) atoms. The number of benzene rings is 1. The molecule has 0 aliphatic heterocycles. The maximum Gasteiger partial charge on any atom is 0.201 e. The summed E-state index contributed by atoms with van der Waals surface area (Å²) in [4.78, 5) is 11.7. The summed E-state index contributed by atoms with van der Waals surface area (Å²) in [6, 6.07) is 7.91. The lowest BCUT2D eigenvalue weighted by atomic mass is 10.3. The number of nitrogens with one attached hydrogen (secondary N) is 2. The lowest BCUT2D eigenvalue weighted by molar-refractivity contribution is 0.711. The van der Waals surface area contributed by atoms with Crippen LogP contribution in [0.2, 0.25) is 0 Å². The maximum atomic E-state index is 4.42. The highest BCUT2D eigenvalue weighted by molar-refractivity contribution is 5.77. The van der Waals surface area contributed by atoms with E-state index in [4.69, 9.17) is 0 Å². The van der Waals surface area contributed by atoms with E-state index in [1.165, 1.54) is 6.33 Å². The lowest BCUT2D eigenvalue weighted by Gasteiger charge is -2.01. The Morgan fingerprint density at radius 3 is 3.00 bits per heavy atom. The van der Waals surface area contributed by atoms with Crippen LogP contribution in [-0.2, 0) is 13.6 Å². The molecular weight excluding hydrogens is 216 g/mol. The van der Waals surface area contributed by atoms with Crippen LogP contribution in [0.15, 0.2) is 30.6 Å². The van der Waals surface area contributed by atoms with Gasteiger partial charge in [-0.2, -0.15) is 5.10 Å². The quantitative estimate of drug-likeness (QED) is 0.709. The van der Waals surface area contributed by atoms with Crippen molar-refractivity contribution in [1.29, 1.82) is 0 Å². The molecule has 0 spiro atoms. The number of imidazole rings is 1. The average Bonchev–Trinajstić information content (AvgIpc) is 2.92. The van der Waals surface area contributed by atoms with Crippen molar-refractivity contribution in [3.05, 3.63) is 36.4 Å². The van der Waals surface area contributed by atoms with E-state index in [9.17, 15) is 0 Å². The first-order chi connectivity index (χ1) is 8.33. The minimum Gasteiger partial charge on any atom is -0.349 e. The predicted octanol–water partition coefficient (Wildman–Crippen LogP) is 1.30. The van der Waals surface area contributed by atoms with E-state index in [0.717, 1.165) is 22.8 Å². The molecule has 1 aromatic carbocycles. The third-order valence-corrected chi connectivity index (χ3v) is 2.61. The molecule has 2 aromatic heterocycles. The van der Waals surface area contributed by atoms with Crippen molar-refractivity contribution in [3.8, 4) is 0 Å². The van der Waals surface area contributed by atoms with Crippen LogP contribution in [0.4, 0.5) is 5.95 Å². The maximum absolute atomic E-state index is 4.42. The molecule has 6 heteroatoms. The summed E-state index contributed by atoms with van der Waals surface area (Å²) in [5, 5.41) is 7.19. The van der Waals surface area contributed by atoms with Crippen molar-refractivity contribution in [2.45, 2.75) is 6.54 Å². The Hall–Kier alpha value is -2.37. The topological polar surface area (TPSA) is 71.4 Å². The molecule has 0 aliphatic carbocycles. The van der Waals surface area contributed by atoms with Crippen molar-refractivity contribution in [1.82, 2.24) is 24.7 Å². The van der Waals surface area contributed by atoms with Gasteiger partial charge in [0.25, 0.3) is 0 Å². The summed E-state index contributed by atoms with van der Waals surface area (Å²) in [5.74, 6) is 1.61. The molecule has 6 nitrogen and oxygen atoms in total. The molecular formula is C11H12N6. The fourth-order valence-corrected chi connectivity index (χ4v) is 1.68. The molecule has 0 bridgehead atoms. The van der Waals surface area contributed by atoms with E-state index in [-0.39, 0.29) is 0 Å². The van der Waals surface area contributed by atoms with Gasteiger partial charge in [0.2, 0.25) is 5.95 Å². The molecule has 0 unspecified atom stereocenters. The second kappa shape index (κ2) is 3.89. The van der Waals surface area contributed by atoms with Crippen LogP contribution in [0.3, 0.4) is 0 Å². The molecule has 0 atom stereocenters. The highest BCUT2D eigenvalue weighted by atomic mass is 15.3. The van der Waals surface area contributed by atoms with E-state index >= 15 is 0 Å². The molecule has 86 valence electrons. The Balaban J connectivity index is 1.79. The number of nitrogens with zero attached hydrogens (tertiary/aromatic N) is 4. The molecule has 2 N–H and O–H groups in total. The van der Waals surface area contributed by atoms with Crippen molar-refractivity contribution >= 4 is 17.0 Å². The molecule has 0 fully saturated rings. The van der Waals surface area contributed by atoms with Crippen molar-refractivity contribution in [2.24, 2.45) is 7.05 Å². The minimum atomic E-state index is 0.594. The fraction of sp³-hybridized carbons (Fsp3) is 0.182. The molecule has 0 saturated carbocycles. The Labute approximate surface area is 97.7 Å². The first kappa shape index (κ1) is 9.83. The number of hydrogen-bond donors (Lipinski definition) is 2. The second-order valence-corrected chi connectivity index (χ2v) is 3.76. The number of rotatable bonds is 3. The van der Waals surface area contributed by atoms with Crippen molar-refractivity contribution in [3.63, 3.8) is 0 Å². The Bertz CT molecular complexity index is 605. The van der Waals surface area contributed by atoms with E-state index in [2.05, 4.69) is 25.4 Å². The zero-order chi connectivity index (χ0) is 11.7. The summed E-state index contributed by atoms with van der Waals surface area (Å²) < 4.78 is 1.73. The first-order valence-corrected chi connectivity index (χ1v) is 5.34. The van der Waals surface area contributed by atoms with Crippen LogP contribution < -0.4 is 5.32 Å². The first-order valence-electron chi connectivity index (χ1n) is 5.34. The van der Waals surface area contributed by atoms with Gasteiger partial charge < -0.3 is 10.3 Å². The van der Waals surface area contributed by atoms with Crippen LogP contribution in [0.5, 0.6) is 0 Å². The van der Waals surface area contributed by atoms with Gasteiger partial charge in [0.1, 0.15) is 12.2 Å². The number of aryl methyl sites for hydroxylation is 1. The number of fused-ring (bicyclic) bond motifs is 1. The standard InChI is InChI=1S/C11H12N6/c1-17-10(13-7-14-17)6-12-11-15-8-4-2-3-5-9(8)16-11/h2-5,7H,6H2,1H3,(H2,12,15,16). The van der Waals surface area contributed by atoms with Gasteiger partial charge in [0.15, 0.2) is 0 Å². The molecule has 0 saturated heterocycles. The highest BCUT2D eigenvalue weighted by Crippen LogP contribution is 2.13. The Morgan fingerprint density at radius 1 is 1.35 bits per heavy atom. The van der Waals surface area contributed by atoms with Crippen LogP contribution >= 0.6 is 0 Å². The summed E-state index contributed by atoms with van der Waals surface area (Å²) in [5.41, 5.74) is 1.97. The zero-order valence-corrected chi connectivity index (χ0v) is 9.38. The molecule has 0 radical (unpaired) electrons. The van der Waals surface area contributed by atoms with Crippen molar-refractivity contribution < 1.29 is 0 Å². The van der Waals surface area contributed by atoms with E-state index in [0.29, 0.717) is 6.54 Å². The summed E-state index contributed by atoms with van der Waals surface area (Å²) >= 11 is 0. The minimum absolute atomic E-state index is 0.594. The zero-order valence-electron chi connectivity index (χ0n) is 9.38. The molecule has 3 aromatic rings. The monoisotopic (exact) mass is 228 g/mol. The number of hydrogen-bond acceptors (Lipinski definition) is 4. The van der Waals surface area contributed by atoms with Gasteiger partial charge >= 0.3 is 0 Å². The Morgan fingerprint density at radius 2 is 2.24 bits per heavy atom. The van der Waals surface area contributed by atoms with Gasteiger partial charge in [0.05, 0.1) is 17.6 Å². The summed E-state index contributed by atoms with van der Waals surface area (Å²) in [6.45, 7) is 0.594. The van der Waals surface area contributed by atoms with E-state index in [1.54, 1.807) is 4.68 Å². The van der Waals surface area contributed by atoms with Crippen LogP contribution in [0, 0.1) is 0 Å². The second-order valence-electron chi connectivity index (χ2n) is 3.76. The highest BCUT2D eigenvalue weighted by Gasteiger charge is 2.03. The molecule has 0 aliphatic rings. The smallest absolute Gasteiger partial charge is 0.201 e. The molecule has 2 heterocycles. The SMILES string of the molecule is Cn1ncnc1CNc1nc2ccccc2[nH]1.